The number of benzene rings is 1. The van der Waals surface area contributed by atoms with Gasteiger partial charge in [0.2, 0.25) is 0 Å². The van der Waals surface area contributed by atoms with E-state index in [1.54, 1.807) is 0 Å². The fraction of sp³-hybridized carbons (Fsp3) is 0.533. The van der Waals surface area contributed by atoms with E-state index in [0.717, 1.165) is 23.6 Å². The third-order valence-corrected chi connectivity index (χ3v) is 3.42. The van der Waals surface area contributed by atoms with Crippen LogP contribution in [0.3, 0.4) is 0 Å². The predicted molar refractivity (Wildman–Crippen MR) is 93.1 cm³/mol. The number of nitrogens with zero attached hydrogens (tertiary/aromatic N) is 1. The van der Waals surface area contributed by atoms with Gasteiger partial charge in [-0.25, -0.2) is 9.38 Å². The highest BCUT2D eigenvalue weighted by molar-refractivity contribution is 14.0. The zero-order valence-corrected chi connectivity index (χ0v) is 14.9. The summed E-state index contributed by atoms with van der Waals surface area (Å²) in [5.74, 6) is 1.19. The number of fused-ring (bicyclic) bond motifs is 1. The van der Waals surface area contributed by atoms with Gasteiger partial charge in [-0.15, -0.1) is 24.0 Å². The molecule has 2 N–H and O–H groups in total. The van der Waals surface area contributed by atoms with Crippen molar-refractivity contribution >= 4 is 29.9 Å². The molecule has 1 aliphatic carbocycles. The summed E-state index contributed by atoms with van der Waals surface area (Å²) in [6, 6.07) is 3.46. The molecule has 0 unspecified atom stereocenters. The van der Waals surface area contributed by atoms with Gasteiger partial charge in [0.25, 0.3) is 0 Å². The van der Waals surface area contributed by atoms with Crippen molar-refractivity contribution in [2.45, 2.75) is 39.0 Å². The summed E-state index contributed by atoms with van der Waals surface area (Å²) in [7, 11) is 0. The average molecular weight is 421 g/mol. The largest absolute Gasteiger partial charge is 0.467 e. The molecule has 2 aliphatic rings. The highest BCUT2D eigenvalue weighted by Crippen LogP contribution is 2.30. The number of nitrogens with one attached hydrogen (secondary N) is 2. The standard InChI is InChI=1S/C15H20FN3O2.HI/c1-2-17-15(19-13-3-4-13)18-7-10-5-12(16)6-11-8-20-9-21-14(10)11;/h5-6,13H,2-4,7-9H2,1H3,(H2,17,18,19);1H. The quantitative estimate of drug-likeness (QED) is 0.446. The van der Waals surface area contributed by atoms with Gasteiger partial charge in [0.15, 0.2) is 12.8 Å². The first kappa shape index (κ1) is 17.3. The van der Waals surface area contributed by atoms with E-state index in [2.05, 4.69) is 15.6 Å². The Morgan fingerprint density at radius 2 is 2.23 bits per heavy atom. The first-order valence-corrected chi connectivity index (χ1v) is 7.33. The minimum absolute atomic E-state index is 0. The van der Waals surface area contributed by atoms with E-state index in [9.17, 15) is 4.39 Å². The lowest BCUT2D eigenvalue weighted by Gasteiger charge is -2.20. The maximum Gasteiger partial charge on any atom is 0.191 e. The summed E-state index contributed by atoms with van der Waals surface area (Å²) >= 11 is 0. The van der Waals surface area contributed by atoms with Gasteiger partial charge in [0.05, 0.1) is 13.2 Å². The highest BCUT2D eigenvalue weighted by atomic mass is 127. The Balaban J connectivity index is 0.00000176. The van der Waals surface area contributed by atoms with E-state index in [-0.39, 0.29) is 36.6 Å². The van der Waals surface area contributed by atoms with Gasteiger partial charge in [-0.05, 0) is 31.9 Å². The lowest BCUT2D eigenvalue weighted by molar-refractivity contribution is -0.0172. The third kappa shape index (κ3) is 4.45. The van der Waals surface area contributed by atoms with Crippen molar-refractivity contribution in [3.05, 3.63) is 29.1 Å². The van der Waals surface area contributed by atoms with Crippen LogP contribution in [-0.2, 0) is 17.9 Å². The van der Waals surface area contributed by atoms with Crippen molar-refractivity contribution in [1.82, 2.24) is 10.6 Å². The Bertz CT molecular complexity index is 550. The normalized spacial score (nSPS) is 17.1. The molecule has 1 aromatic carbocycles. The monoisotopic (exact) mass is 421 g/mol. The predicted octanol–water partition coefficient (Wildman–Crippen LogP) is 2.53. The van der Waals surface area contributed by atoms with Crippen LogP contribution >= 0.6 is 24.0 Å². The van der Waals surface area contributed by atoms with Crippen LogP contribution in [-0.4, -0.2) is 25.3 Å². The molecule has 1 heterocycles. The van der Waals surface area contributed by atoms with Crippen molar-refractivity contribution < 1.29 is 13.9 Å². The fourth-order valence-corrected chi connectivity index (χ4v) is 2.28. The second-order valence-corrected chi connectivity index (χ2v) is 5.28. The van der Waals surface area contributed by atoms with E-state index >= 15 is 0 Å². The van der Waals surface area contributed by atoms with Crippen LogP contribution in [0.15, 0.2) is 17.1 Å². The number of halogens is 2. The Morgan fingerprint density at radius 3 is 2.95 bits per heavy atom. The zero-order valence-electron chi connectivity index (χ0n) is 12.5. The molecule has 0 atom stereocenters. The average Bonchev–Trinajstić information content (AvgIpc) is 3.28. The molecule has 0 amide bonds. The van der Waals surface area contributed by atoms with Crippen LogP contribution < -0.4 is 15.4 Å². The number of guanidine groups is 1. The van der Waals surface area contributed by atoms with E-state index in [1.807, 2.05) is 6.92 Å². The number of hydrogen-bond donors (Lipinski definition) is 2. The summed E-state index contributed by atoms with van der Waals surface area (Å²) < 4.78 is 24.3. The second kappa shape index (κ2) is 7.96. The van der Waals surface area contributed by atoms with E-state index in [4.69, 9.17) is 9.47 Å². The minimum Gasteiger partial charge on any atom is -0.467 e. The smallest absolute Gasteiger partial charge is 0.191 e. The Labute approximate surface area is 146 Å². The van der Waals surface area contributed by atoms with E-state index < -0.39 is 0 Å². The Hall–Kier alpha value is -1.09. The molecular weight excluding hydrogens is 400 g/mol. The lowest BCUT2D eigenvalue weighted by Crippen LogP contribution is -2.38. The molecule has 0 radical (unpaired) electrons. The molecule has 122 valence electrons. The number of hydrogen-bond acceptors (Lipinski definition) is 3. The van der Waals surface area contributed by atoms with E-state index in [0.29, 0.717) is 24.9 Å². The van der Waals surface area contributed by atoms with Crippen molar-refractivity contribution in [1.29, 1.82) is 0 Å². The molecule has 3 rings (SSSR count). The van der Waals surface area contributed by atoms with Crippen LogP contribution in [0.4, 0.5) is 4.39 Å². The summed E-state index contributed by atoms with van der Waals surface area (Å²) in [6.07, 6.45) is 2.36. The molecular formula is C15H21FIN3O2. The molecule has 0 aromatic heterocycles. The van der Waals surface area contributed by atoms with Crippen molar-refractivity contribution in [2.24, 2.45) is 4.99 Å². The highest BCUT2D eigenvalue weighted by Gasteiger charge is 2.22. The fourth-order valence-electron chi connectivity index (χ4n) is 2.28. The molecule has 1 saturated carbocycles. The molecule has 0 saturated heterocycles. The zero-order chi connectivity index (χ0) is 14.7. The maximum absolute atomic E-state index is 13.7. The van der Waals surface area contributed by atoms with Crippen LogP contribution in [0.2, 0.25) is 0 Å². The lowest BCUT2D eigenvalue weighted by atomic mass is 10.1. The van der Waals surface area contributed by atoms with Crippen LogP contribution in [0.25, 0.3) is 0 Å². The molecule has 0 spiro atoms. The SMILES string of the molecule is CCNC(=NCc1cc(F)cc2c1OCOC2)NC1CC1.I. The van der Waals surface area contributed by atoms with Crippen LogP contribution in [0.5, 0.6) is 5.75 Å². The third-order valence-electron chi connectivity index (χ3n) is 3.42. The van der Waals surface area contributed by atoms with Crippen molar-refractivity contribution in [2.75, 3.05) is 13.3 Å². The topological polar surface area (TPSA) is 54.9 Å². The molecule has 7 heteroatoms. The van der Waals surface area contributed by atoms with Crippen molar-refractivity contribution in [3.63, 3.8) is 0 Å². The molecule has 22 heavy (non-hydrogen) atoms. The number of aliphatic imine (C=N–C) groups is 1. The minimum atomic E-state index is -0.284. The Kier molecular flexibility index (Phi) is 6.25. The first-order valence-electron chi connectivity index (χ1n) is 7.33. The van der Waals surface area contributed by atoms with Crippen molar-refractivity contribution in [3.8, 4) is 5.75 Å². The first-order chi connectivity index (χ1) is 10.3. The van der Waals surface area contributed by atoms with Gasteiger partial charge in [-0.2, -0.15) is 0 Å². The molecule has 1 aromatic rings. The number of rotatable bonds is 4. The van der Waals surface area contributed by atoms with Gasteiger partial charge >= 0.3 is 0 Å². The number of ether oxygens (including phenoxy) is 2. The molecule has 5 nitrogen and oxygen atoms in total. The second-order valence-electron chi connectivity index (χ2n) is 5.28. The maximum atomic E-state index is 13.7. The molecule has 1 aliphatic heterocycles. The van der Waals surface area contributed by atoms with Crippen LogP contribution in [0.1, 0.15) is 30.9 Å². The summed E-state index contributed by atoms with van der Waals surface area (Å²) in [5.41, 5.74) is 1.49. The summed E-state index contributed by atoms with van der Waals surface area (Å²) in [4.78, 5) is 4.52. The van der Waals surface area contributed by atoms with Gasteiger partial charge < -0.3 is 20.1 Å². The van der Waals surface area contributed by atoms with Gasteiger partial charge in [-0.3, -0.25) is 0 Å². The summed E-state index contributed by atoms with van der Waals surface area (Å²) in [6.45, 7) is 3.78. The van der Waals surface area contributed by atoms with Gasteiger partial charge in [0, 0.05) is 23.7 Å². The van der Waals surface area contributed by atoms with Gasteiger partial charge in [0.1, 0.15) is 11.6 Å². The summed E-state index contributed by atoms with van der Waals surface area (Å²) in [5, 5.41) is 6.53. The Morgan fingerprint density at radius 1 is 1.41 bits per heavy atom. The molecule has 0 bridgehead atoms. The van der Waals surface area contributed by atoms with Gasteiger partial charge in [-0.1, -0.05) is 0 Å². The molecule has 1 fully saturated rings. The van der Waals surface area contributed by atoms with Crippen LogP contribution in [0, 0.1) is 5.82 Å². The van der Waals surface area contributed by atoms with E-state index in [1.165, 1.54) is 25.0 Å².